The maximum Gasteiger partial charge on any atom is 0.269 e. The Balaban J connectivity index is 2.16. The Morgan fingerprint density at radius 1 is 1.10 bits per heavy atom. The number of nitro benzene ring substituents is 1. The van der Waals surface area contributed by atoms with Crippen LogP contribution in [-0.4, -0.2) is 31.0 Å². The lowest BCUT2D eigenvalue weighted by Crippen LogP contribution is -2.46. The van der Waals surface area contributed by atoms with Crippen LogP contribution in [0.4, 0.5) is 5.69 Å². The maximum atomic E-state index is 11.0. The Morgan fingerprint density at radius 2 is 1.69 bits per heavy atom. The Morgan fingerprint density at radius 3 is 2.21 bits per heavy atom. The molecule has 2 N–H and O–H groups in total. The van der Waals surface area contributed by atoms with Gasteiger partial charge in [-0.1, -0.05) is 51.1 Å². The Kier molecular flexibility index (Phi) is 7.71. The van der Waals surface area contributed by atoms with E-state index in [1.807, 2.05) is 30.3 Å². The molecule has 7 heteroatoms. The van der Waals surface area contributed by atoms with Crippen LogP contribution >= 0.6 is 0 Å². The average molecular weight is 417 g/mol. The SMILES string of the molecule is CC(C)(C)[Si](C)(C)OC[C@H](NCc1ccccc1)[C@@H](O)c1ccc([N+](=O)[O-])cc1. The van der Waals surface area contributed by atoms with Crippen molar-refractivity contribution in [2.75, 3.05) is 6.61 Å². The minimum Gasteiger partial charge on any atom is -0.415 e. The third-order valence-corrected chi connectivity index (χ3v) is 10.2. The maximum absolute atomic E-state index is 11.0. The molecule has 0 saturated heterocycles. The van der Waals surface area contributed by atoms with Crippen molar-refractivity contribution in [2.45, 2.75) is 57.6 Å². The molecule has 0 radical (unpaired) electrons. The highest BCUT2D eigenvalue weighted by atomic mass is 28.4. The van der Waals surface area contributed by atoms with Crippen LogP contribution < -0.4 is 5.32 Å². The van der Waals surface area contributed by atoms with E-state index in [1.165, 1.54) is 12.1 Å². The summed E-state index contributed by atoms with van der Waals surface area (Å²) in [5, 5.41) is 25.4. The fourth-order valence-electron chi connectivity index (χ4n) is 2.65. The van der Waals surface area contributed by atoms with Crippen molar-refractivity contribution < 1.29 is 14.5 Å². The Labute approximate surface area is 174 Å². The zero-order valence-electron chi connectivity index (χ0n) is 17.9. The van der Waals surface area contributed by atoms with Gasteiger partial charge in [0.05, 0.1) is 23.7 Å². The summed E-state index contributed by atoms with van der Waals surface area (Å²) in [5.74, 6) is 0. The van der Waals surface area contributed by atoms with Gasteiger partial charge >= 0.3 is 0 Å². The van der Waals surface area contributed by atoms with E-state index in [0.29, 0.717) is 18.7 Å². The molecule has 0 spiro atoms. The van der Waals surface area contributed by atoms with Gasteiger partial charge in [-0.05, 0) is 41.4 Å². The molecule has 0 saturated carbocycles. The number of hydrogen-bond donors (Lipinski definition) is 2. The minimum absolute atomic E-state index is 0.00673. The van der Waals surface area contributed by atoms with Crippen LogP contribution in [0, 0.1) is 10.1 Å². The Bertz CT molecular complexity index is 789. The summed E-state index contributed by atoms with van der Waals surface area (Å²) in [6.45, 7) is 11.9. The van der Waals surface area contributed by atoms with E-state index in [4.69, 9.17) is 4.43 Å². The van der Waals surface area contributed by atoms with Crippen LogP contribution in [0.1, 0.15) is 38.0 Å². The molecule has 2 rings (SSSR count). The molecule has 0 aliphatic rings. The molecule has 0 heterocycles. The zero-order chi connectivity index (χ0) is 21.7. The number of benzene rings is 2. The smallest absolute Gasteiger partial charge is 0.269 e. The highest BCUT2D eigenvalue weighted by Crippen LogP contribution is 2.37. The molecular weight excluding hydrogens is 384 g/mol. The highest BCUT2D eigenvalue weighted by molar-refractivity contribution is 6.74. The number of hydrogen-bond acceptors (Lipinski definition) is 5. The molecule has 158 valence electrons. The molecule has 2 atom stereocenters. The number of aliphatic hydroxyl groups is 1. The lowest BCUT2D eigenvalue weighted by molar-refractivity contribution is -0.384. The molecule has 6 nitrogen and oxygen atoms in total. The molecule has 0 aromatic heterocycles. The first kappa shape index (κ1) is 23.2. The lowest BCUT2D eigenvalue weighted by atomic mass is 10.0. The molecule has 0 fully saturated rings. The zero-order valence-corrected chi connectivity index (χ0v) is 18.9. The van der Waals surface area contributed by atoms with Crippen molar-refractivity contribution in [2.24, 2.45) is 0 Å². The molecular formula is C22H32N2O4Si. The molecule has 0 amide bonds. The normalized spacial score (nSPS) is 14.4. The van der Waals surface area contributed by atoms with Gasteiger partial charge in [-0.15, -0.1) is 0 Å². The molecule has 2 aromatic carbocycles. The second-order valence-corrected chi connectivity index (χ2v) is 13.6. The predicted molar refractivity (Wildman–Crippen MR) is 118 cm³/mol. The minimum atomic E-state index is -1.99. The van der Waals surface area contributed by atoms with Crippen LogP contribution in [0.2, 0.25) is 18.1 Å². The van der Waals surface area contributed by atoms with E-state index in [2.05, 4.69) is 39.2 Å². The van der Waals surface area contributed by atoms with Crippen LogP contribution in [0.5, 0.6) is 0 Å². The van der Waals surface area contributed by atoms with Crippen molar-refractivity contribution in [3.63, 3.8) is 0 Å². The van der Waals surface area contributed by atoms with E-state index in [-0.39, 0.29) is 16.8 Å². The van der Waals surface area contributed by atoms with Crippen molar-refractivity contribution >= 4 is 14.0 Å². The summed E-state index contributed by atoms with van der Waals surface area (Å²) in [6, 6.07) is 15.7. The quantitative estimate of drug-likeness (QED) is 0.348. The monoisotopic (exact) mass is 416 g/mol. The molecule has 0 bridgehead atoms. The van der Waals surface area contributed by atoms with Gasteiger partial charge < -0.3 is 14.8 Å². The molecule has 0 aliphatic heterocycles. The summed E-state index contributed by atoms with van der Waals surface area (Å²) < 4.78 is 6.36. The first-order valence-corrected chi connectivity index (χ1v) is 12.8. The van der Waals surface area contributed by atoms with E-state index < -0.39 is 19.3 Å². The second-order valence-electron chi connectivity index (χ2n) is 8.84. The van der Waals surface area contributed by atoms with E-state index in [9.17, 15) is 15.2 Å². The fourth-order valence-corrected chi connectivity index (χ4v) is 3.68. The third-order valence-electron chi connectivity index (χ3n) is 5.67. The van der Waals surface area contributed by atoms with E-state index >= 15 is 0 Å². The van der Waals surface area contributed by atoms with Crippen molar-refractivity contribution in [1.82, 2.24) is 5.32 Å². The summed E-state index contributed by atoms with van der Waals surface area (Å²) in [6.07, 6.45) is -0.843. The average Bonchev–Trinajstić information content (AvgIpc) is 2.67. The highest BCUT2D eigenvalue weighted by Gasteiger charge is 2.38. The van der Waals surface area contributed by atoms with Crippen LogP contribution in [0.25, 0.3) is 0 Å². The van der Waals surface area contributed by atoms with Gasteiger partial charge in [0.2, 0.25) is 0 Å². The fraction of sp³-hybridized carbons (Fsp3) is 0.455. The number of aliphatic hydroxyl groups excluding tert-OH is 1. The number of rotatable bonds is 9. The van der Waals surface area contributed by atoms with Crippen molar-refractivity contribution in [3.8, 4) is 0 Å². The van der Waals surface area contributed by atoms with Crippen LogP contribution in [-0.2, 0) is 11.0 Å². The summed E-state index contributed by atoms with van der Waals surface area (Å²) in [5.41, 5.74) is 1.74. The summed E-state index contributed by atoms with van der Waals surface area (Å²) >= 11 is 0. The largest absolute Gasteiger partial charge is 0.415 e. The number of nitrogens with one attached hydrogen (secondary N) is 1. The Hall–Kier alpha value is -2.06. The molecule has 0 unspecified atom stereocenters. The van der Waals surface area contributed by atoms with Gasteiger partial charge in [-0.2, -0.15) is 0 Å². The molecule has 29 heavy (non-hydrogen) atoms. The standard InChI is InChI=1S/C22H32N2O4Si/c1-22(2,3)29(4,5)28-16-20(23-15-17-9-7-6-8-10-17)21(25)18-11-13-19(14-12-18)24(26)27/h6-14,20-21,23,25H,15-16H2,1-5H3/t20-,21-/m0/s1. The second kappa shape index (κ2) is 9.62. The third kappa shape index (κ3) is 6.47. The first-order chi connectivity index (χ1) is 13.5. The predicted octanol–water partition coefficient (Wildman–Crippen LogP) is 4.81. The van der Waals surface area contributed by atoms with E-state index in [0.717, 1.165) is 5.56 Å². The molecule has 2 aromatic rings. The van der Waals surface area contributed by atoms with E-state index in [1.54, 1.807) is 12.1 Å². The van der Waals surface area contributed by atoms with Gasteiger partial charge in [-0.25, -0.2) is 0 Å². The molecule has 0 aliphatic carbocycles. The number of nitrogens with zero attached hydrogens (tertiary/aromatic N) is 1. The van der Waals surface area contributed by atoms with Crippen LogP contribution in [0.3, 0.4) is 0 Å². The van der Waals surface area contributed by atoms with Crippen molar-refractivity contribution in [3.05, 3.63) is 75.8 Å². The van der Waals surface area contributed by atoms with Gasteiger partial charge in [0, 0.05) is 18.7 Å². The van der Waals surface area contributed by atoms with Crippen molar-refractivity contribution in [1.29, 1.82) is 0 Å². The number of nitro groups is 1. The number of non-ortho nitro benzene ring substituents is 1. The van der Waals surface area contributed by atoms with Gasteiger partial charge in [0.25, 0.3) is 5.69 Å². The van der Waals surface area contributed by atoms with Gasteiger partial charge in [-0.3, -0.25) is 10.1 Å². The van der Waals surface area contributed by atoms with Crippen LogP contribution in [0.15, 0.2) is 54.6 Å². The topological polar surface area (TPSA) is 84.6 Å². The summed E-state index contributed by atoms with van der Waals surface area (Å²) in [7, 11) is -1.99. The first-order valence-electron chi connectivity index (χ1n) is 9.85. The summed E-state index contributed by atoms with van der Waals surface area (Å²) in [4.78, 5) is 10.5. The lowest BCUT2D eigenvalue weighted by Gasteiger charge is -2.38. The van der Waals surface area contributed by atoms with Gasteiger partial charge in [0.1, 0.15) is 0 Å². The van der Waals surface area contributed by atoms with Gasteiger partial charge in [0.15, 0.2) is 8.32 Å².